The second kappa shape index (κ2) is 8.90. The zero-order chi connectivity index (χ0) is 21.8. The van der Waals surface area contributed by atoms with Crippen LogP contribution in [0.25, 0.3) is 0 Å². The van der Waals surface area contributed by atoms with Gasteiger partial charge in [-0.3, -0.25) is 14.3 Å². The molecule has 1 heterocycles. The summed E-state index contributed by atoms with van der Waals surface area (Å²) in [4.78, 5) is 24.2. The number of benzene rings is 1. The molecular formula is C23H28N6O2. The molecule has 0 bridgehead atoms. The monoisotopic (exact) mass is 420 g/mol. The number of nitrogens with one attached hydrogen (secondary N) is 2. The van der Waals surface area contributed by atoms with Crippen LogP contribution in [0.2, 0.25) is 0 Å². The number of nitrogens with zero attached hydrogens (tertiary/aromatic N) is 3. The Kier molecular flexibility index (Phi) is 6.05. The summed E-state index contributed by atoms with van der Waals surface area (Å²) in [6, 6.07) is 12.9. The highest BCUT2D eigenvalue weighted by Gasteiger charge is 2.39. The molecule has 0 spiro atoms. The van der Waals surface area contributed by atoms with Crippen LogP contribution in [-0.2, 0) is 16.9 Å². The van der Waals surface area contributed by atoms with E-state index in [1.54, 1.807) is 10.9 Å². The van der Waals surface area contributed by atoms with E-state index in [1.807, 2.05) is 18.2 Å². The van der Waals surface area contributed by atoms with Crippen LogP contribution in [0.15, 0.2) is 36.5 Å². The van der Waals surface area contributed by atoms with Gasteiger partial charge in [0.2, 0.25) is 5.91 Å². The third kappa shape index (κ3) is 4.78. The van der Waals surface area contributed by atoms with Gasteiger partial charge in [0.25, 0.3) is 5.91 Å². The Bertz CT molecular complexity index is 981. The Morgan fingerprint density at radius 1 is 1.19 bits per heavy atom. The third-order valence-electron chi connectivity index (χ3n) is 6.42. The molecule has 8 heteroatoms. The van der Waals surface area contributed by atoms with Gasteiger partial charge in [-0.1, -0.05) is 30.3 Å². The molecule has 2 amide bonds. The van der Waals surface area contributed by atoms with Crippen molar-refractivity contribution in [3.05, 3.63) is 47.7 Å². The van der Waals surface area contributed by atoms with Crippen LogP contribution >= 0.6 is 0 Å². The summed E-state index contributed by atoms with van der Waals surface area (Å²) in [6.07, 6.45) is 6.89. The van der Waals surface area contributed by atoms with Crippen molar-refractivity contribution in [3.63, 3.8) is 0 Å². The molecule has 8 nitrogen and oxygen atoms in total. The fourth-order valence-corrected chi connectivity index (χ4v) is 4.31. The number of amides is 2. The third-order valence-corrected chi connectivity index (χ3v) is 6.42. The van der Waals surface area contributed by atoms with E-state index in [1.165, 1.54) is 5.56 Å². The SMILES string of the molecule is N#CC[C@]1(n2cc(C(N)=O)c(NC(=O)C3CC3)n2)CC[C@H](NCc2ccccc2)CC1. The number of rotatable bonds is 8. The minimum atomic E-state index is -0.636. The standard InChI is InChI=1S/C23H28N6O2/c24-13-12-23(10-8-18(9-11-23)26-14-16-4-2-1-3-5-16)29-15-19(20(25)30)21(28-29)27-22(31)17-6-7-17/h1-5,15,17-18,26H,6-12,14H2,(H2,25,30)(H,27,28,31)/t18-,23-. The maximum atomic E-state index is 12.2. The van der Waals surface area contributed by atoms with Crippen LogP contribution in [0.4, 0.5) is 5.82 Å². The number of nitrogens with two attached hydrogens (primary N) is 1. The lowest BCUT2D eigenvalue weighted by atomic mass is 9.77. The first-order chi connectivity index (χ1) is 15.0. The Morgan fingerprint density at radius 2 is 1.90 bits per heavy atom. The zero-order valence-electron chi connectivity index (χ0n) is 17.5. The molecule has 0 saturated heterocycles. The van der Waals surface area contributed by atoms with Gasteiger partial charge in [0.15, 0.2) is 5.82 Å². The Labute approximate surface area is 181 Å². The van der Waals surface area contributed by atoms with Gasteiger partial charge in [-0.2, -0.15) is 10.4 Å². The van der Waals surface area contributed by atoms with Gasteiger partial charge < -0.3 is 16.4 Å². The van der Waals surface area contributed by atoms with Gasteiger partial charge in [0.05, 0.1) is 18.0 Å². The smallest absolute Gasteiger partial charge is 0.254 e. The molecule has 0 unspecified atom stereocenters. The molecule has 2 aliphatic carbocycles. The summed E-state index contributed by atoms with van der Waals surface area (Å²) in [7, 11) is 0. The quantitative estimate of drug-likeness (QED) is 0.605. The average molecular weight is 421 g/mol. The first-order valence-electron chi connectivity index (χ1n) is 10.9. The molecule has 4 N–H and O–H groups in total. The molecular weight excluding hydrogens is 392 g/mol. The van der Waals surface area contributed by atoms with E-state index >= 15 is 0 Å². The van der Waals surface area contributed by atoms with Gasteiger partial charge in [-0.15, -0.1) is 0 Å². The van der Waals surface area contributed by atoms with Gasteiger partial charge in [-0.05, 0) is 44.1 Å². The van der Waals surface area contributed by atoms with Gasteiger partial charge in [-0.25, -0.2) is 0 Å². The summed E-state index contributed by atoms with van der Waals surface area (Å²) in [6.45, 7) is 0.807. The fraction of sp³-hybridized carbons (Fsp3) is 0.478. The van der Waals surface area contributed by atoms with Gasteiger partial charge in [0.1, 0.15) is 5.56 Å². The number of hydrogen-bond donors (Lipinski definition) is 3. The lowest BCUT2D eigenvalue weighted by Crippen LogP contribution is -2.43. The molecule has 0 aliphatic heterocycles. The molecule has 2 aliphatic rings. The number of anilines is 1. The second-order valence-electron chi connectivity index (χ2n) is 8.66. The maximum absolute atomic E-state index is 12.2. The maximum Gasteiger partial charge on any atom is 0.254 e. The summed E-state index contributed by atoms with van der Waals surface area (Å²) in [5.41, 5.74) is 6.46. The van der Waals surface area contributed by atoms with Crippen LogP contribution in [0, 0.1) is 17.2 Å². The number of carbonyl (C=O) groups is 2. The molecule has 0 radical (unpaired) electrons. The van der Waals surface area contributed by atoms with Crippen LogP contribution in [0.5, 0.6) is 0 Å². The number of carbonyl (C=O) groups excluding carboxylic acids is 2. The Hall–Kier alpha value is -3.18. The zero-order valence-corrected chi connectivity index (χ0v) is 17.5. The van der Waals surface area contributed by atoms with E-state index in [0.29, 0.717) is 6.04 Å². The van der Waals surface area contributed by atoms with Gasteiger partial charge >= 0.3 is 0 Å². The second-order valence-corrected chi connectivity index (χ2v) is 8.66. The molecule has 2 fully saturated rings. The highest BCUT2D eigenvalue weighted by molar-refractivity contribution is 6.02. The van der Waals surface area contributed by atoms with Gasteiger partial charge in [0, 0.05) is 24.7 Å². The predicted molar refractivity (Wildman–Crippen MR) is 116 cm³/mol. The van der Waals surface area contributed by atoms with Crippen molar-refractivity contribution < 1.29 is 9.59 Å². The lowest BCUT2D eigenvalue weighted by molar-refractivity contribution is -0.117. The van der Waals surface area contributed by atoms with E-state index in [2.05, 4.69) is 33.9 Å². The van der Waals surface area contributed by atoms with Crippen LogP contribution in [0.3, 0.4) is 0 Å². The van der Waals surface area contributed by atoms with Crippen molar-refractivity contribution in [2.75, 3.05) is 5.32 Å². The van der Waals surface area contributed by atoms with Crippen LogP contribution in [-0.4, -0.2) is 27.6 Å². The van der Waals surface area contributed by atoms with Crippen molar-refractivity contribution in [1.29, 1.82) is 5.26 Å². The fourth-order valence-electron chi connectivity index (χ4n) is 4.31. The number of aromatic nitrogens is 2. The normalized spacial score (nSPS) is 23.1. The number of nitriles is 1. The average Bonchev–Trinajstić information content (AvgIpc) is 3.54. The highest BCUT2D eigenvalue weighted by atomic mass is 16.2. The molecule has 162 valence electrons. The minimum Gasteiger partial charge on any atom is -0.365 e. The molecule has 1 aromatic carbocycles. The van der Waals surface area contributed by atoms with Crippen molar-refractivity contribution in [1.82, 2.24) is 15.1 Å². The molecule has 31 heavy (non-hydrogen) atoms. The minimum absolute atomic E-state index is 0.00919. The van der Waals surface area contributed by atoms with E-state index < -0.39 is 11.4 Å². The number of primary amides is 1. The highest BCUT2D eigenvalue weighted by Crippen LogP contribution is 2.39. The molecule has 2 aromatic rings. The largest absolute Gasteiger partial charge is 0.365 e. The Balaban J connectivity index is 1.47. The molecule has 1 aromatic heterocycles. The lowest BCUT2D eigenvalue weighted by Gasteiger charge is -2.39. The first-order valence-corrected chi connectivity index (χ1v) is 10.9. The number of hydrogen-bond acceptors (Lipinski definition) is 5. The Morgan fingerprint density at radius 3 is 2.52 bits per heavy atom. The summed E-state index contributed by atoms with van der Waals surface area (Å²) in [5, 5.41) is 20.4. The predicted octanol–water partition coefficient (Wildman–Crippen LogP) is 2.67. The summed E-state index contributed by atoms with van der Waals surface area (Å²) in [5.74, 6) is -0.574. The summed E-state index contributed by atoms with van der Waals surface area (Å²) < 4.78 is 1.70. The van der Waals surface area contributed by atoms with Crippen molar-refractivity contribution in [2.45, 2.75) is 63.1 Å². The molecule has 0 atom stereocenters. The van der Waals surface area contributed by atoms with Crippen molar-refractivity contribution >= 4 is 17.6 Å². The molecule has 4 rings (SSSR count). The van der Waals surface area contributed by atoms with E-state index in [-0.39, 0.29) is 29.6 Å². The molecule has 2 saturated carbocycles. The van der Waals surface area contributed by atoms with Crippen LogP contribution < -0.4 is 16.4 Å². The topological polar surface area (TPSA) is 126 Å². The van der Waals surface area contributed by atoms with Crippen molar-refractivity contribution in [2.24, 2.45) is 11.7 Å². The van der Waals surface area contributed by atoms with Crippen molar-refractivity contribution in [3.8, 4) is 6.07 Å². The first kappa shape index (κ1) is 21.1. The van der Waals surface area contributed by atoms with E-state index in [9.17, 15) is 14.9 Å². The summed E-state index contributed by atoms with van der Waals surface area (Å²) >= 11 is 0. The van der Waals surface area contributed by atoms with E-state index in [4.69, 9.17) is 5.73 Å². The van der Waals surface area contributed by atoms with E-state index in [0.717, 1.165) is 45.1 Å². The van der Waals surface area contributed by atoms with Crippen LogP contribution in [0.1, 0.15) is 60.9 Å².